The molecule has 3 rings (SSSR count). The van der Waals surface area contributed by atoms with Crippen molar-refractivity contribution in [1.82, 2.24) is 25.5 Å². The Balaban J connectivity index is 1.82. The first-order valence-electron chi connectivity index (χ1n) is 8.44. The summed E-state index contributed by atoms with van der Waals surface area (Å²) in [7, 11) is 1.54. The van der Waals surface area contributed by atoms with E-state index in [-0.39, 0.29) is 29.0 Å². The van der Waals surface area contributed by atoms with Crippen molar-refractivity contribution >= 4 is 35.0 Å². The van der Waals surface area contributed by atoms with Crippen LogP contribution in [0.1, 0.15) is 37.0 Å². The van der Waals surface area contributed by atoms with Crippen LogP contribution in [0, 0.1) is 0 Å². The summed E-state index contributed by atoms with van der Waals surface area (Å²) in [6.07, 6.45) is 1.51. The molecule has 146 valence electrons. The Bertz CT molecular complexity index is 1030. The van der Waals surface area contributed by atoms with Gasteiger partial charge in [-0.25, -0.2) is 4.98 Å². The largest absolute Gasteiger partial charge is 0.420 e. The topological polar surface area (TPSA) is 132 Å². The van der Waals surface area contributed by atoms with E-state index >= 15 is 0 Å². The second-order valence-electron chi connectivity index (χ2n) is 7.05. The molecular weight excluding hydrogens is 382 g/mol. The number of carbonyl (C=O) groups is 1. The first kappa shape index (κ1) is 19.6. The zero-order valence-corrected chi connectivity index (χ0v) is 16.6. The van der Waals surface area contributed by atoms with Gasteiger partial charge < -0.3 is 20.8 Å². The van der Waals surface area contributed by atoms with Crippen molar-refractivity contribution < 1.29 is 9.21 Å². The van der Waals surface area contributed by atoms with Gasteiger partial charge in [-0.15, -0.1) is 10.2 Å². The molecule has 2 aromatic heterocycles. The van der Waals surface area contributed by atoms with Gasteiger partial charge in [0.1, 0.15) is 5.82 Å². The average Bonchev–Trinajstić information content (AvgIpc) is 3.11. The lowest BCUT2D eigenvalue weighted by Crippen LogP contribution is -2.18. The molecule has 0 saturated heterocycles. The minimum absolute atomic E-state index is 0.190. The molecule has 0 aliphatic rings. The number of nitrogen functional groups attached to an aromatic ring is 1. The van der Waals surface area contributed by atoms with Crippen LogP contribution in [-0.2, 0) is 5.41 Å². The molecule has 0 fully saturated rings. The Labute approximate surface area is 166 Å². The number of carbonyl (C=O) groups excluding carboxylic acids is 1. The molecule has 3 aromatic rings. The molecule has 4 N–H and O–H groups in total. The number of halogens is 1. The molecule has 9 nitrogen and oxygen atoms in total. The van der Waals surface area contributed by atoms with E-state index in [0.29, 0.717) is 27.7 Å². The van der Waals surface area contributed by atoms with Crippen molar-refractivity contribution in [1.29, 1.82) is 0 Å². The van der Waals surface area contributed by atoms with Crippen LogP contribution in [0.25, 0.3) is 11.5 Å². The number of nitrogens with one attached hydrogen (secondary N) is 2. The fourth-order valence-corrected chi connectivity index (χ4v) is 2.56. The number of benzene rings is 1. The van der Waals surface area contributed by atoms with E-state index in [1.54, 1.807) is 18.2 Å². The number of hydrogen-bond donors (Lipinski definition) is 3. The molecule has 1 aromatic carbocycles. The van der Waals surface area contributed by atoms with E-state index in [0.717, 1.165) is 0 Å². The third-order valence-corrected chi connectivity index (χ3v) is 4.12. The summed E-state index contributed by atoms with van der Waals surface area (Å²) < 4.78 is 5.68. The Morgan fingerprint density at radius 3 is 2.57 bits per heavy atom. The number of nitrogens with zero attached hydrogens (tertiary/aromatic N) is 4. The molecule has 0 atom stereocenters. The standard InChI is InChI=1S/C18H20ClN7O2/c1-18(2,3)16-26-25-15(28-16)11-8-22-17(24-13(11)20)23-9-5-6-10(12(19)7-9)14(27)21-4/h5-8H,1-4H3,(H,21,27)(H3,20,22,23,24). The summed E-state index contributed by atoms with van der Waals surface area (Å²) in [5.41, 5.74) is 7.19. The Kier molecular flexibility index (Phi) is 5.19. The number of hydrogen-bond acceptors (Lipinski definition) is 8. The highest BCUT2D eigenvalue weighted by atomic mass is 35.5. The van der Waals surface area contributed by atoms with Gasteiger partial charge in [0.25, 0.3) is 11.8 Å². The van der Waals surface area contributed by atoms with Crippen molar-refractivity contribution in [3.63, 3.8) is 0 Å². The van der Waals surface area contributed by atoms with Crippen LogP contribution in [0.2, 0.25) is 5.02 Å². The molecule has 0 aliphatic carbocycles. The van der Waals surface area contributed by atoms with Gasteiger partial charge in [0.2, 0.25) is 11.8 Å². The van der Waals surface area contributed by atoms with E-state index in [9.17, 15) is 4.79 Å². The Morgan fingerprint density at radius 2 is 2.00 bits per heavy atom. The van der Waals surface area contributed by atoms with Gasteiger partial charge in [0, 0.05) is 24.3 Å². The van der Waals surface area contributed by atoms with E-state index in [4.69, 9.17) is 21.8 Å². The highest BCUT2D eigenvalue weighted by molar-refractivity contribution is 6.34. The van der Waals surface area contributed by atoms with Gasteiger partial charge in [-0.3, -0.25) is 4.79 Å². The lowest BCUT2D eigenvalue weighted by atomic mass is 9.97. The SMILES string of the molecule is CNC(=O)c1ccc(Nc2ncc(-c3nnc(C(C)(C)C)o3)c(N)n2)cc1Cl. The predicted octanol–water partition coefficient (Wildman–Crippen LogP) is 3.16. The van der Waals surface area contributed by atoms with Crippen LogP contribution in [0.4, 0.5) is 17.5 Å². The molecule has 0 unspecified atom stereocenters. The van der Waals surface area contributed by atoms with Crippen molar-refractivity contribution in [2.24, 2.45) is 0 Å². The van der Waals surface area contributed by atoms with E-state index < -0.39 is 0 Å². The molecule has 10 heteroatoms. The van der Waals surface area contributed by atoms with Gasteiger partial charge in [0.05, 0.1) is 16.1 Å². The fraction of sp³-hybridized carbons (Fsp3) is 0.278. The monoisotopic (exact) mass is 401 g/mol. The van der Waals surface area contributed by atoms with Crippen molar-refractivity contribution in [3.05, 3.63) is 40.9 Å². The Hall–Kier alpha value is -3.20. The van der Waals surface area contributed by atoms with Gasteiger partial charge >= 0.3 is 0 Å². The van der Waals surface area contributed by atoms with E-state index in [2.05, 4.69) is 30.8 Å². The van der Waals surface area contributed by atoms with Gasteiger partial charge in [-0.1, -0.05) is 32.4 Å². The Morgan fingerprint density at radius 1 is 1.25 bits per heavy atom. The second kappa shape index (κ2) is 7.43. The number of amides is 1. The van der Waals surface area contributed by atoms with Crippen LogP contribution in [0.15, 0.2) is 28.8 Å². The van der Waals surface area contributed by atoms with Gasteiger partial charge in [0.15, 0.2) is 0 Å². The smallest absolute Gasteiger partial charge is 0.253 e. The lowest BCUT2D eigenvalue weighted by Gasteiger charge is -2.11. The zero-order chi connectivity index (χ0) is 20.5. The molecule has 2 heterocycles. The van der Waals surface area contributed by atoms with E-state index in [1.165, 1.54) is 13.2 Å². The van der Waals surface area contributed by atoms with Crippen molar-refractivity contribution in [3.8, 4) is 11.5 Å². The first-order chi connectivity index (χ1) is 13.2. The minimum Gasteiger partial charge on any atom is -0.420 e. The van der Waals surface area contributed by atoms with Crippen LogP contribution >= 0.6 is 11.6 Å². The summed E-state index contributed by atoms with van der Waals surface area (Å²) in [4.78, 5) is 20.2. The quantitative estimate of drug-likeness (QED) is 0.607. The minimum atomic E-state index is -0.275. The zero-order valence-electron chi connectivity index (χ0n) is 15.9. The number of aromatic nitrogens is 4. The third-order valence-electron chi connectivity index (χ3n) is 3.81. The third kappa shape index (κ3) is 4.04. The van der Waals surface area contributed by atoms with E-state index in [1.807, 2.05) is 20.8 Å². The maximum atomic E-state index is 11.7. The molecule has 0 bridgehead atoms. The molecule has 0 radical (unpaired) electrons. The lowest BCUT2D eigenvalue weighted by molar-refractivity contribution is 0.0963. The van der Waals surface area contributed by atoms with Crippen LogP contribution in [-0.4, -0.2) is 33.1 Å². The molecule has 1 amide bonds. The fourth-order valence-electron chi connectivity index (χ4n) is 2.30. The normalized spacial score (nSPS) is 11.3. The van der Waals surface area contributed by atoms with Gasteiger partial charge in [-0.05, 0) is 18.2 Å². The second-order valence-corrected chi connectivity index (χ2v) is 7.46. The highest BCUT2D eigenvalue weighted by Gasteiger charge is 2.23. The molecule has 0 saturated carbocycles. The number of rotatable bonds is 4. The van der Waals surface area contributed by atoms with Gasteiger partial charge in [-0.2, -0.15) is 4.98 Å². The maximum Gasteiger partial charge on any atom is 0.253 e. The summed E-state index contributed by atoms with van der Waals surface area (Å²) in [6, 6.07) is 4.90. The summed E-state index contributed by atoms with van der Waals surface area (Å²) in [6.45, 7) is 5.91. The molecule has 0 aliphatic heterocycles. The summed E-state index contributed by atoms with van der Waals surface area (Å²) in [5.74, 6) is 0.938. The van der Waals surface area contributed by atoms with Crippen LogP contribution < -0.4 is 16.4 Å². The summed E-state index contributed by atoms with van der Waals surface area (Å²) in [5, 5.41) is 13.9. The maximum absolute atomic E-state index is 11.7. The molecule has 0 spiro atoms. The van der Waals surface area contributed by atoms with Crippen LogP contribution in [0.5, 0.6) is 0 Å². The average molecular weight is 402 g/mol. The highest BCUT2D eigenvalue weighted by Crippen LogP contribution is 2.28. The number of anilines is 3. The predicted molar refractivity (Wildman–Crippen MR) is 107 cm³/mol. The molecule has 28 heavy (non-hydrogen) atoms. The molecular formula is C18H20ClN7O2. The number of nitrogens with two attached hydrogens (primary N) is 1. The van der Waals surface area contributed by atoms with Crippen molar-refractivity contribution in [2.75, 3.05) is 18.1 Å². The first-order valence-corrected chi connectivity index (χ1v) is 8.82. The summed E-state index contributed by atoms with van der Waals surface area (Å²) >= 11 is 6.15. The van der Waals surface area contributed by atoms with Crippen molar-refractivity contribution in [2.45, 2.75) is 26.2 Å². The van der Waals surface area contributed by atoms with Crippen LogP contribution in [0.3, 0.4) is 0 Å².